The summed E-state index contributed by atoms with van der Waals surface area (Å²) in [4.78, 5) is 2.52. The lowest BCUT2D eigenvalue weighted by Gasteiger charge is -2.38. The van der Waals surface area contributed by atoms with E-state index < -0.39 is 5.54 Å². The van der Waals surface area contributed by atoms with Crippen LogP contribution in [0, 0.1) is 17.2 Å². The molecule has 116 valence electrons. The Bertz CT molecular complexity index is 307. The van der Waals surface area contributed by atoms with Gasteiger partial charge in [0.05, 0.1) is 6.07 Å². The quantitative estimate of drug-likeness (QED) is 0.742. The highest BCUT2D eigenvalue weighted by atomic mass is 16.5. The fraction of sp³-hybridized carbons (Fsp3) is 0.938. The van der Waals surface area contributed by atoms with Gasteiger partial charge in [0.25, 0.3) is 0 Å². The van der Waals surface area contributed by atoms with Crippen molar-refractivity contribution in [1.82, 2.24) is 10.2 Å². The zero-order chi connectivity index (χ0) is 15.0. The van der Waals surface area contributed by atoms with Crippen LogP contribution < -0.4 is 5.32 Å². The molecule has 0 amide bonds. The molecule has 0 aromatic heterocycles. The third-order valence-corrected chi connectivity index (χ3v) is 4.39. The normalized spacial score (nSPS) is 22.1. The number of hydrogen-bond donors (Lipinski definition) is 1. The second-order valence-electron chi connectivity index (χ2n) is 6.36. The lowest BCUT2D eigenvalue weighted by molar-refractivity contribution is 0.0764. The molecule has 0 radical (unpaired) electrons. The van der Waals surface area contributed by atoms with Gasteiger partial charge < -0.3 is 9.64 Å². The lowest BCUT2D eigenvalue weighted by Crippen LogP contribution is -2.49. The SMILES string of the molecule is CCCNC(C)(C#N)CC(C)N1CCC(COC)CC1. The van der Waals surface area contributed by atoms with Gasteiger partial charge in [-0.2, -0.15) is 5.26 Å². The summed E-state index contributed by atoms with van der Waals surface area (Å²) in [5, 5.41) is 12.8. The molecule has 1 heterocycles. The number of nitrogens with one attached hydrogen (secondary N) is 1. The predicted octanol–water partition coefficient (Wildman–Crippen LogP) is 2.41. The van der Waals surface area contributed by atoms with Crippen molar-refractivity contribution in [2.75, 3.05) is 33.4 Å². The molecular weight excluding hydrogens is 250 g/mol. The van der Waals surface area contributed by atoms with E-state index >= 15 is 0 Å². The molecule has 4 heteroatoms. The second kappa shape index (κ2) is 8.61. The fourth-order valence-corrected chi connectivity index (χ4v) is 3.07. The molecule has 1 aliphatic rings. The summed E-state index contributed by atoms with van der Waals surface area (Å²) >= 11 is 0. The minimum Gasteiger partial charge on any atom is -0.384 e. The van der Waals surface area contributed by atoms with E-state index in [2.05, 4.69) is 30.1 Å². The minimum absolute atomic E-state index is 0.404. The summed E-state index contributed by atoms with van der Waals surface area (Å²) in [7, 11) is 1.78. The molecule has 0 aliphatic carbocycles. The molecule has 0 bridgehead atoms. The molecule has 1 N–H and O–H groups in total. The zero-order valence-corrected chi connectivity index (χ0v) is 13.6. The first-order valence-corrected chi connectivity index (χ1v) is 7.94. The summed E-state index contributed by atoms with van der Waals surface area (Å²) in [6.45, 7) is 10.5. The van der Waals surface area contributed by atoms with Crippen LogP contribution in [0.15, 0.2) is 0 Å². The Morgan fingerprint density at radius 1 is 1.45 bits per heavy atom. The highest BCUT2D eigenvalue weighted by Gasteiger charge is 2.30. The van der Waals surface area contributed by atoms with E-state index in [1.807, 2.05) is 6.92 Å². The van der Waals surface area contributed by atoms with Crippen molar-refractivity contribution in [3.8, 4) is 6.07 Å². The van der Waals surface area contributed by atoms with Gasteiger partial charge in [-0.05, 0) is 65.1 Å². The second-order valence-corrected chi connectivity index (χ2v) is 6.36. The van der Waals surface area contributed by atoms with Crippen LogP contribution in [-0.2, 0) is 4.74 Å². The van der Waals surface area contributed by atoms with E-state index in [4.69, 9.17) is 4.74 Å². The molecule has 0 aromatic rings. The molecule has 0 spiro atoms. The molecule has 20 heavy (non-hydrogen) atoms. The van der Waals surface area contributed by atoms with Crippen molar-refractivity contribution >= 4 is 0 Å². The van der Waals surface area contributed by atoms with E-state index in [0.29, 0.717) is 12.0 Å². The summed E-state index contributed by atoms with van der Waals surface area (Å²) in [6, 6.07) is 2.91. The van der Waals surface area contributed by atoms with Crippen molar-refractivity contribution < 1.29 is 4.74 Å². The van der Waals surface area contributed by atoms with Crippen LogP contribution >= 0.6 is 0 Å². The summed E-state index contributed by atoms with van der Waals surface area (Å²) in [5.74, 6) is 0.712. The molecular formula is C16H31N3O. The molecule has 1 saturated heterocycles. The smallest absolute Gasteiger partial charge is 0.105 e. The van der Waals surface area contributed by atoms with Gasteiger partial charge in [-0.15, -0.1) is 0 Å². The zero-order valence-electron chi connectivity index (χ0n) is 13.6. The van der Waals surface area contributed by atoms with Crippen LogP contribution in [0.25, 0.3) is 0 Å². The van der Waals surface area contributed by atoms with Gasteiger partial charge in [0, 0.05) is 19.8 Å². The summed E-state index contributed by atoms with van der Waals surface area (Å²) in [6.07, 6.45) is 4.38. The van der Waals surface area contributed by atoms with E-state index in [1.165, 1.54) is 12.8 Å². The maximum atomic E-state index is 9.42. The molecule has 0 aromatic carbocycles. The van der Waals surface area contributed by atoms with Crippen LogP contribution in [0.3, 0.4) is 0 Å². The Hall–Kier alpha value is -0.630. The summed E-state index contributed by atoms with van der Waals surface area (Å²) in [5.41, 5.74) is -0.404. The van der Waals surface area contributed by atoms with Gasteiger partial charge in [-0.1, -0.05) is 6.92 Å². The third kappa shape index (κ3) is 5.40. The third-order valence-electron chi connectivity index (χ3n) is 4.39. The Labute approximate surface area is 124 Å². The molecule has 2 unspecified atom stereocenters. The van der Waals surface area contributed by atoms with E-state index in [-0.39, 0.29) is 0 Å². The lowest BCUT2D eigenvalue weighted by atomic mass is 9.91. The first kappa shape index (κ1) is 17.4. The van der Waals surface area contributed by atoms with Gasteiger partial charge in [-0.3, -0.25) is 5.32 Å². The highest BCUT2D eigenvalue weighted by Crippen LogP contribution is 2.23. The van der Waals surface area contributed by atoms with Crippen molar-refractivity contribution in [1.29, 1.82) is 5.26 Å². The number of hydrogen-bond acceptors (Lipinski definition) is 4. The largest absolute Gasteiger partial charge is 0.384 e. The molecule has 0 saturated carbocycles. The number of methoxy groups -OCH3 is 1. The fourth-order valence-electron chi connectivity index (χ4n) is 3.07. The molecule has 1 rings (SSSR count). The Morgan fingerprint density at radius 2 is 2.10 bits per heavy atom. The van der Waals surface area contributed by atoms with Crippen LogP contribution in [0.4, 0.5) is 0 Å². The Morgan fingerprint density at radius 3 is 2.60 bits per heavy atom. The molecule has 1 fully saturated rings. The van der Waals surface area contributed by atoms with Crippen LogP contribution in [0.1, 0.15) is 46.5 Å². The number of nitriles is 1. The van der Waals surface area contributed by atoms with Crippen LogP contribution in [-0.4, -0.2) is 49.8 Å². The molecule has 1 aliphatic heterocycles. The first-order chi connectivity index (χ1) is 9.54. The van der Waals surface area contributed by atoms with Gasteiger partial charge in [0.15, 0.2) is 0 Å². The van der Waals surface area contributed by atoms with Crippen molar-refractivity contribution in [2.24, 2.45) is 5.92 Å². The predicted molar refractivity (Wildman–Crippen MR) is 82.6 cm³/mol. The first-order valence-electron chi connectivity index (χ1n) is 7.94. The number of piperidine rings is 1. The van der Waals surface area contributed by atoms with Crippen LogP contribution in [0.5, 0.6) is 0 Å². The van der Waals surface area contributed by atoms with Crippen molar-refractivity contribution in [2.45, 2.75) is 58.0 Å². The minimum atomic E-state index is -0.404. The average Bonchev–Trinajstić information content (AvgIpc) is 2.46. The average molecular weight is 281 g/mol. The number of nitrogens with zero attached hydrogens (tertiary/aromatic N) is 2. The standard InChI is InChI=1S/C16H31N3O/c1-5-8-18-16(3,13-17)11-14(2)19-9-6-15(7-10-19)12-20-4/h14-15,18H,5-12H2,1-4H3. The van der Waals surface area contributed by atoms with E-state index in [9.17, 15) is 5.26 Å². The Kier molecular flexibility index (Phi) is 7.50. The van der Waals surface area contributed by atoms with Crippen molar-refractivity contribution in [3.05, 3.63) is 0 Å². The molecule has 2 atom stereocenters. The molecule has 4 nitrogen and oxygen atoms in total. The van der Waals surface area contributed by atoms with Crippen molar-refractivity contribution in [3.63, 3.8) is 0 Å². The monoisotopic (exact) mass is 281 g/mol. The van der Waals surface area contributed by atoms with Gasteiger partial charge in [0.2, 0.25) is 0 Å². The maximum absolute atomic E-state index is 9.42. The number of likely N-dealkylation sites (tertiary alicyclic amines) is 1. The van der Waals surface area contributed by atoms with E-state index in [1.54, 1.807) is 7.11 Å². The van der Waals surface area contributed by atoms with Crippen LogP contribution in [0.2, 0.25) is 0 Å². The number of rotatable bonds is 8. The highest BCUT2D eigenvalue weighted by molar-refractivity contribution is 5.05. The summed E-state index contributed by atoms with van der Waals surface area (Å²) < 4.78 is 5.25. The maximum Gasteiger partial charge on any atom is 0.105 e. The van der Waals surface area contributed by atoms with E-state index in [0.717, 1.165) is 39.1 Å². The topological polar surface area (TPSA) is 48.3 Å². The number of ether oxygens (including phenoxy) is 1. The Balaban J connectivity index is 2.42. The van der Waals surface area contributed by atoms with Gasteiger partial charge in [0.1, 0.15) is 5.54 Å². The van der Waals surface area contributed by atoms with Gasteiger partial charge in [-0.25, -0.2) is 0 Å². The van der Waals surface area contributed by atoms with Gasteiger partial charge >= 0.3 is 0 Å².